The SMILES string of the molecule is C=C/C=C(\C=C)N(c1ccncc1)c1ccc(-c2ccc3c4c(cccc24)-c2ccccc2-3)cc1. The summed E-state index contributed by atoms with van der Waals surface area (Å²) < 4.78 is 0. The van der Waals surface area contributed by atoms with Crippen molar-refractivity contribution >= 4 is 22.1 Å². The third-order valence-corrected chi connectivity index (χ3v) is 6.66. The first kappa shape index (κ1) is 20.9. The van der Waals surface area contributed by atoms with Gasteiger partial charge in [-0.25, -0.2) is 0 Å². The van der Waals surface area contributed by atoms with Crippen molar-refractivity contribution in [1.82, 2.24) is 4.98 Å². The zero-order valence-electron chi connectivity index (χ0n) is 19.4. The Balaban J connectivity index is 1.46. The van der Waals surface area contributed by atoms with Gasteiger partial charge in [0.1, 0.15) is 0 Å². The van der Waals surface area contributed by atoms with Gasteiger partial charge < -0.3 is 4.90 Å². The van der Waals surface area contributed by atoms with Crippen molar-refractivity contribution < 1.29 is 0 Å². The van der Waals surface area contributed by atoms with Crippen molar-refractivity contribution in [1.29, 1.82) is 0 Å². The van der Waals surface area contributed by atoms with Gasteiger partial charge in [0.15, 0.2) is 0 Å². The number of hydrogen-bond donors (Lipinski definition) is 0. The highest BCUT2D eigenvalue weighted by Crippen LogP contribution is 2.49. The Kier molecular flexibility index (Phi) is 5.12. The highest BCUT2D eigenvalue weighted by Gasteiger charge is 2.22. The molecule has 0 fully saturated rings. The van der Waals surface area contributed by atoms with E-state index in [1.807, 2.05) is 24.3 Å². The molecular formula is C33H24N2. The summed E-state index contributed by atoms with van der Waals surface area (Å²) in [5, 5.41) is 2.63. The Hall–Kier alpha value is -4.69. The average molecular weight is 449 g/mol. The molecule has 0 unspecified atom stereocenters. The minimum Gasteiger partial charge on any atom is -0.310 e. The molecule has 0 spiro atoms. The summed E-state index contributed by atoms with van der Waals surface area (Å²) in [5.41, 5.74) is 10.7. The van der Waals surface area contributed by atoms with Crippen LogP contribution in [0.2, 0.25) is 0 Å². The standard InChI is InChI=1S/C33H24N2/c1-3-8-24(4-2)35(26-19-21-34-22-20-26)25-15-13-23(14-16-25)27-17-18-32-29-10-6-5-9-28(29)31-12-7-11-30(27)33(31)32/h3-22H,1-2H2/b24-8+. The third kappa shape index (κ3) is 3.39. The monoisotopic (exact) mass is 448 g/mol. The molecule has 0 N–H and O–H groups in total. The lowest BCUT2D eigenvalue weighted by Gasteiger charge is -2.26. The third-order valence-electron chi connectivity index (χ3n) is 6.66. The van der Waals surface area contributed by atoms with Gasteiger partial charge in [-0.15, -0.1) is 0 Å². The smallest absolute Gasteiger partial charge is 0.0492 e. The van der Waals surface area contributed by atoms with Gasteiger partial charge in [0.25, 0.3) is 0 Å². The van der Waals surface area contributed by atoms with Crippen molar-refractivity contribution in [2.45, 2.75) is 0 Å². The second-order valence-corrected chi connectivity index (χ2v) is 8.55. The summed E-state index contributed by atoms with van der Waals surface area (Å²) in [6.45, 7) is 7.89. The van der Waals surface area contributed by atoms with E-state index in [4.69, 9.17) is 0 Å². The number of anilines is 2. The number of pyridine rings is 1. The number of nitrogens with zero attached hydrogens (tertiary/aromatic N) is 2. The van der Waals surface area contributed by atoms with Crippen LogP contribution in [0.25, 0.3) is 44.2 Å². The van der Waals surface area contributed by atoms with Gasteiger partial charge in [-0.1, -0.05) is 86.0 Å². The van der Waals surface area contributed by atoms with Crippen LogP contribution in [-0.2, 0) is 0 Å². The van der Waals surface area contributed by atoms with Gasteiger partial charge in [0.05, 0.1) is 0 Å². The molecule has 6 rings (SSSR count). The maximum absolute atomic E-state index is 4.18. The van der Waals surface area contributed by atoms with Gasteiger partial charge in [0.2, 0.25) is 0 Å². The summed E-state index contributed by atoms with van der Waals surface area (Å²) in [4.78, 5) is 6.33. The van der Waals surface area contributed by atoms with E-state index in [0.29, 0.717) is 0 Å². The molecule has 1 aliphatic carbocycles. The maximum Gasteiger partial charge on any atom is 0.0492 e. The normalized spacial score (nSPS) is 11.8. The van der Waals surface area contributed by atoms with Crippen molar-refractivity contribution in [3.8, 4) is 33.4 Å². The predicted octanol–water partition coefficient (Wildman–Crippen LogP) is 8.94. The number of allylic oxidation sites excluding steroid dienone is 3. The Morgan fingerprint density at radius 2 is 1.26 bits per heavy atom. The first-order valence-electron chi connectivity index (χ1n) is 11.7. The molecule has 0 bridgehead atoms. The molecule has 0 aliphatic heterocycles. The highest BCUT2D eigenvalue weighted by atomic mass is 15.1. The Bertz CT molecular complexity index is 1580. The molecule has 4 aromatic carbocycles. The lowest BCUT2D eigenvalue weighted by molar-refractivity contribution is 1.19. The maximum atomic E-state index is 4.18. The van der Waals surface area contributed by atoms with E-state index in [-0.39, 0.29) is 0 Å². The van der Waals surface area contributed by atoms with Crippen LogP contribution < -0.4 is 4.90 Å². The van der Waals surface area contributed by atoms with Crippen molar-refractivity contribution in [2.75, 3.05) is 4.90 Å². The van der Waals surface area contributed by atoms with Crippen LogP contribution in [0.1, 0.15) is 0 Å². The van der Waals surface area contributed by atoms with Crippen molar-refractivity contribution in [2.24, 2.45) is 0 Å². The van der Waals surface area contributed by atoms with Crippen LogP contribution in [-0.4, -0.2) is 4.98 Å². The van der Waals surface area contributed by atoms with E-state index in [1.165, 1.54) is 44.2 Å². The van der Waals surface area contributed by atoms with E-state index >= 15 is 0 Å². The molecule has 35 heavy (non-hydrogen) atoms. The minimum atomic E-state index is 0.946. The summed E-state index contributed by atoms with van der Waals surface area (Å²) in [7, 11) is 0. The van der Waals surface area contributed by atoms with Gasteiger partial charge in [-0.2, -0.15) is 0 Å². The topological polar surface area (TPSA) is 16.1 Å². The zero-order valence-corrected chi connectivity index (χ0v) is 19.4. The number of aromatic nitrogens is 1. The highest BCUT2D eigenvalue weighted by molar-refractivity contribution is 6.18. The molecule has 0 radical (unpaired) electrons. The molecule has 0 saturated carbocycles. The summed E-state index contributed by atoms with van der Waals surface area (Å²) in [6, 6.07) is 32.6. The van der Waals surface area contributed by atoms with E-state index in [1.54, 1.807) is 18.5 Å². The van der Waals surface area contributed by atoms with Crippen LogP contribution in [0.5, 0.6) is 0 Å². The summed E-state index contributed by atoms with van der Waals surface area (Å²) in [6.07, 6.45) is 9.19. The second-order valence-electron chi connectivity index (χ2n) is 8.55. The molecule has 2 nitrogen and oxygen atoms in total. The molecular weight excluding hydrogens is 424 g/mol. The van der Waals surface area contributed by atoms with Gasteiger partial charge >= 0.3 is 0 Å². The first-order valence-corrected chi connectivity index (χ1v) is 11.7. The quantitative estimate of drug-likeness (QED) is 0.236. The summed E-state index contributed by atoms with van der Waals surface area (Å²) >= 11 is 0. The zero-order chi connectivity index (χ0) is 23.8. The minimum absolute atomic E-state index is 0.946. The van der Waals surface area contributed by atoms with Crippen molar-refractivity contribution in [3.05, 3.63) is 140 Å². The van der Waals surface area contributed by atoms with Gasteiger partial charge in [-0.3, -0.25) is 4.98 Å². The fourth-order valence-electron chi connectivity index (χ4n) is 5.15. The predicted molar refractivity (Wildman–Crippen MR) is 149 cm³/mol. The number of fused-ring (bicyclic) bond motifs is 3. The molecule has 166 valence electrons. The van der Waals surface area contributed by atoms with E-state index < -0.39 is 0 Å². The Labute approximate surface area is 205 Å². The van der Waals surface area contributed by atoms with Crippen LogP contribution in [0.3, 0.4) is 0 Å². The molecule has 1 heterocycles. The molecule has 1 aliphatic rings. The number of hydrogen-bond acceptors (Lipinski definition) is 2. The van der Waals surface area contributed by atoms with Crippen LogP contribution in [0, 0.1) is 0 Å². The molecule has 0 amide bonds. The largest absolute Gasteiger partial charge is 0.310 e. The lowest BCUT2D eigenvalue weighted by Crippen LogP contribution is -2.14. The van der Waals surface area contributed by atoms with E-state index in [0.717, 1.165) is 17.1 Å². The number of rotatable bonds is 6. The average Bonchev–Trinajstić information content (AvgIpc) is 3.25. The molecule has 0 atom stereocenters. The lowest BCUT2D eigenvalue weighted by atomic mass is 9.94. The number of benzene rings is 4. The van der Waals surface area contributed by atoms with E-state index in [9.17, 15) is 0 Å². The first-order chi connectivity index (χ1) is 17.3. The fourth-order valence-corrected chi connectivity index (χ4v) is 5.15. The van der Waals surface area contributed by atoms with Crippen LogP contribution >= 0.6 is 0 Å². The molecule has 0 saturated heterocycles. The molecule has 1 aromatic heterocycles. The van der Waals surface area contributed by atoms with Crippen molar-refractivity contribution in [3.63, 3.8) is 0 Å². The second kappa shape index (κ2) is 8.58. The van der Waals surface area contributed by atoms with Crippen LogP contribution in [0.4, 0.5) is 11.4 Å². The van der Waals surface area contributed by atoms with Gasteiger partial charge in [0, 0.05) is 29.5 Å². The Morgan fingerprint density at radius 3 is 1.94 bits per heavy atom. The summed E-state index contributed by atoms with van der Waals surface area (Å²) in [5.74, 6) is 0. The van der Waals surface area contributed by atoms with Crippen LogP contribution in [0.15, 0.2) is 140 Å². The molecule has 5 aromatic rings. The van der Waals surface area contributed by atoms with E-state index in [2.05, 4.69) is 102 Å². The molecule has 2 heteroatoms. The Morgan fingerprint density at radius 1 is 0.629 bits per heavy atom. The fraction of sp³-hybridized carbons (Fsp3) is 0. The van der Waals surface area contributed by atoms with Gasteiger partial charge in [-0.05, 0) is 80.6 Å².